The molecular formula is C32H25N2P. The third kappa shape index (κ3) is 4.31. The van der Waals surface area contributed by atoms with Crippen LogP contribution in [0.1, 0.15) is 40.7 Å². The van der Waals surface area contributed by atoms with Crippen molar-refractivity contribution in [2.75, 3.05) is 6.16 Å². The van der Waals surface area contributed by atoms with Gasteiger partial charge in [-0.25, -0.2) is 0 Å². The maximum atomic E-state index is 9.56. The summed E-state index contributed by atoms with van der Waals surface area (Å²) in [6.45, 7) is 0. The van der Waals surface area contributed by atoms with Crippen molar-refractivity contribution in [3.63, 3.8) is 0 Å². The molecule has 4 aromatic carbocycles. The lowest BCUT2D eigenvalue weighted by molar-refractivity contribution is 0.732. The van der Waals surface area contributed by atoms with Gasteiger partial charge in [-0.05, 0) is 59.2 Å². The van der Waals surface area contributed by atoms with Crippen LogP contribution in [0.2, 0.25) is 0 Å². The van der Waals surface area contributed by atoms with Crippen molar-refractivity contribution in [1.82, 2.24) is 0 Å². The van der Waals surface area contributed by atoms with Crippen LogP contribution in [0, 0.1) is 22.7 Å². The quantitative estimate of drug-likeness (QED) is 0.294. The highest BCUT2D eigenvalue weighted by Gasteiger charge is 2.47. The summed E-state index contributed by atoms with van der Waals surface area (Å²) in [4.78, 5) is 0. The van der Waals surface area contributed by atoms with Crippen LogP contribution in [0.5, 0.6) is 0 Å². The topological polar surface area (TPSA) is 47.6 Å². The van der Waals surface area contributed by atoms with Crippen LogP contribution in [-0.2, 0) is 5.16 Å². The van der Waals surface area contributed by atoms with E-state index in [1.165, 1.54) is 22.0 Å². The number of rotatable bonds is 4. The van der Waals surface area contributed by atoms with Crippen LogP contribution in [0.15, 0.2) is 115 Å². The summed E-state index contributed by atoms with van der Waals surface area (Å²) in [5.41, 5.74) is 5.88. The average molecular weight is 469 g/mol. The maximum absolute atomic E-state index is 9.56. The lowest BCUT2D eigenvalue weighted by atomic mass is 9.80. The summed E-state index contributed by atoms with van der Waals surface area (Å²) < 4.78 is 0. The predicted molar refractivity (Wildman–Crippen MR) is 145 cm³/mol. The largest absolute Gasteiger partial charge is 0.192 e. The van der Waals surface area contributed by atoms with Gasteiger partial charge < -0.3 is 0 Å². The van der Waals surface area contributed by atoms with Gasteiger partial charge in [-0.15, -0.1) is 0 Å². The number of hydrogen-bond donors (Lipinski definition) is 0. The van der Waals surface area contributed by atoms with Crippen molar-refractivity contribution in [1.29, 1.82) is 10.5 Å². The molecule has 4 aromatic rings. The van der Waals surface area contributed by atoms with Gasteiger partial charge in [-0.2, -0.15) is 10.5 Å². The molecule has 1 aliphatic rings. The van der Waals surface area contributed by atoms with Gasteiger partial charge in [-0.3, -0.25) is 0 Å². The van der Waals surface area contributed by atoms with Gasteiger partial charge in [-0.1, -0.05) is 111 Å². The van der Waals surface area contributed by atoms with Crippen molar-refractivity contribution in [3.8, 4) is 12.1 Å². The smallest absolute Gasteiger partial charge is 0.0992 e. The zero-order valence-corrected chi connectivity index (χ0v) is 20.3. The third-order valence-electron chi connectivity index (χ3n) is 6.70. The minimum atomic E-state index is -0.623. The Morgan fingerprint density at radius 2 is 1.20 bits per heavy atom. The fourth-order valence-electron chi connectivity index (χ4n) is 5.33. The van der Waals surface area contributed by atoms with E-state index in [2.05, 4.69) is 109 Å². The Bertz CT molecular complexity index is 1360. The highest BCUT2D eigenvalue weighted by atomic mass is 31.1. The first-order valence-electron chi connectivity index (χ1n) is 11.9. The number of benzene rings is 4. The Morgan fingerprint density at radius 3 is 1.71 bits per heavy atom. The molecule has 0 N–H and O–H groups in total. The molecule has 0 aliphatic carbocycles. The van der Waals surface area contributed by atoms with E-state index in [1.54, 1.807) is 6.07 Å². The molecule has 0 radical (unpaired) electrons. The second kappa shape index (κ2) is 10.1. The molecule has 0 spiro atoms. The molecule has 2 nitrogen and oxygen atoms in total. The molecule has 1 atom stereocenters. The Labute approximate surface area is 208 Å². The minimum absolute atomic E-state index is 0.299. The summed E-state index contributed by atoms with van der Waals surface area (Å²) in [5, 5.41) is 20.2. The summed E-state index contributed by atoms with van der Waals surface area (Å²) in [7, 11) is -0.623. The van der Waals surface area contributed by atoms with Gasteiger partial charge in [0.15, 0.2) is 0 Å². The Morgan fingerprint density at radius 1 is 0.686 bits per heavy atom. The predicted octanol–water partition coefficient (Wildman–Crippen LogP) is 7.36. The lowest BCUT2D eigenvalue weighted by Gasteiger charge is -2.48. The van der Waals surface area contributed by atoms with E-state index < -0.39 is 7.92 Å². The van der Waals surface area contributed by atoms with Crippen molar-refractivity contribution >= 4 is 19.3 Å². The van der Waals surface area contributed by atoms with E-state index in [4.69, 9.17) is 0 Å². The molecule has 168 valence electrons. The number of hydrogen-bond acceptors (Lipinski definition) is 2. The fraction of sp³-hybridized carbons (Fsp3) is 0.125. The van der Waals surface area contributed by atoms with Crippen molar-refractivity contribution < 1.29 is 0 Å². The molecule has 1 heterocycles. The zero-order valence-electron chi connectivity index (χ0n) is 19.4. The van der Waals surface area contributed by atoms with Gasteiger partial charge in [0, 0.05) is 0 Å². The second-order valence-electron chi connectivity index (χ2n) is 8.77. The van der Waals surface area contributed by atoms with Crippen LogP contribution in [0.3, 0.4) is 0 Å². The first-order chi connectivity index (χ1) is 17.3. The monoisotopic (exact) mass is 468 g/mol. The van der Waals surface area contributed by atoms with Crippen LogP contribution in [0.4, 0.5) is 0 Å². The molecule has 1 fully saturated rings. The fourth-order valence-corrected chi connectivity index (χ4v) is 8.76. The highest BCUT2D eigenvalue weighted by Crippen LogP contribution is 2.66. The van der Waals surface area contributed by atoms with E-state index in [0.29, 0.717) is 11.1 Å². The van der Waals surface area contributed by atoms with E-state index >= 15 is 0 Å². The van der Waals surface area contributed by atoms with Crippen molar-refractivity contribution in [3.05, 3.63) is 143 Å². The van der Waals surface area contributed by atoms with Crippen LogP contribution < -0.4 is 5.30 Å². The van der Waals surface area contributed by atoms with Gasteiger partial charge in [0.05, 0.1) is 28.4 Å². The molecule has 1 saturated heterocycles. The van der Waals surface area contributed by atoms with Crippen molar-refractivity contribution in [2.45, 2.75) is 18.0 Å². The Hall–Kier alpha value is -3.97. The molecule has 0 bridgehead atoms. The van der Waals surface area contributed by atoms with E-state index in [9.17, 15) is 10.5 Å². The van der Waals surface area contributed by atoms with Gasteiger partial charge in [0.2, 0.25) is 0 Å². The molecule has 0 aromatic heterocycles. The highest BCUT2D eigenvalue weighted by molar-refractivity contribution is 7.67. The number of nitriles is 2. The van der Waals surface area contributed by atoms with Crippen LogP contribution in [-0.4, -0.2) is 6.16 Å². The zero-order chi connectivity index (χ0) is 24.1. The van der Waals surface area contributed by atoms with Crippen LogP contribution in [0.25, 0.3) is 6.08 Å². The van der Waals surface area contributed by atoms with Gasteiger partial charge >= 0.3 is 0 Å². The molecule has 0 amide bonds. The maximum Gasteiger partial charge on any atom is 0.0992 e. The Kier molecular flexibility index (Phi) is 6.59. The van der Waals surface area contributed by atoms with Crippen LogP contribution >= 0.6 is 7.92 Å². The molecule has 5 rings (SSSR count). The molecular weight excluding hydrogens is 443 g/mol. The molecule has 3 heteroatoms. The first-order valence-corrected chi connectivity index (χ1v) is 13.4. The Balaban J connectivity index is 1.83. The van der Waals surface area contributed by atoms with Crippen molar-refractivity contribution in [2.24, 2.45) is 0 Å². The van der Waals surface area contributed by atoms with Gasteiger partial charge in [0.1, 0.15) is 0 Å². The molecule has 35 heavy (non-hydrogen) atoms. The number of nitrogens with zero attached hydrogens (tertiary/aromatic N) is 2. The lowest BCUT2D eigenvalue weighted by Crippen LogP contribution is -2.36. The van der Waals surface area contributed by atoms with E-state index in [-0.39, 0.29) is 5.16 Å². The molecule has 1 unspecified atom stereocenters. The summed E-state index contributed by atoms with van der Waals surface area (Å²) in [5.74, 6) is 0. The minimum Gasteiger partial charge on any atom is -0.192 e. The average Bonchev–Trinajstić information content (AvgIpc) is 2.94. The van der Waals surface area contributed by atoms with E-state index in [0.717, 1.165) is 24.6 Å². The summed E-state index contributed by atoms with van der Waals surface area (Å²) in [6.07, 6.45) is 5.46. The molecule has 1 aliphatic heterocycles. The second-order valence-corrected chi connectivity index (χ2v) is 11.3. The van der Waals surface area contributed by atoms with E-state index in [1.807, 2.05) is 12.1 Å². The third-order valence-corrected chi connectivity index (χ3v) is 10.0. The van der Waals surface area contributed by atoms with Gasteiger partial charge in [0.25, 0.3) is 0 Å². The molecule has 0 saturated carbocycles. The summed E-state index contributed by atoms with van der Waals surface area (Å²) >= 11 is 0. The first kappa shape index (κ1) is 22.8. The standard InChI is InChI=1S/C32H25N2P/c33-23-26-19-25(20-27(21-26)24-34)22-30-15-10-18-35(31-16-8-3-9-17-31)32(30,28-11-4-1-5-12-28)29-13-6-2-7-14-29/h1-9,11-14,16-17,19-22H,10,15,18H2. The summed E-state index contributed by atoms with van der Waals surface area (Å²) in [6, 6.07) is 42.6. The normalized spacial score (nSPS) is 17.9. The SMILES string of the molecule is N#Cc1cc(C#N)cc(C=C2CCCP(c3ccccc3)C2(c2ccccc2)c2ccccc2)c1. The number of allylic oxidation sites excluding steroid dienone is 1.